The standard InChI is InChI=1S/C15H21N3O/c1-18(10-12-3-2-8-19-11-12)14-4-5-15(17)13(9-14)6-7-16/h4-5,9,12H,2-3,6,8,10-11,17H2,1H3. The van der Waals surface area contributed by atoms with Gasteiger partial charge in [0.25, 0.3) is 0 Å². The van der Waals surface area contributed by atoms with Crippen LogP contribution in [0.3, 0.4) is 0 Å². The van der Waals surface area contributed by atoms with E-state index in [2.05, 4.69) is 18.0 Å². The molecule has 102 valence electrons. The molecule has 1 atom stereocenters. The van der Waals surface area contributed by atoms with Crippen LogP contribution >= 0.6 is 0 Å². The zero-order valence-corrected chi connectivity index (χ0v) is 11.4. The van der Waals surface area contributed by atoms with Crippen molar-refractivity contribution in [3.05, 3.63) is 23.8 Å². The van der Waals surface area contributed by atoms with Gasteiger partial charge in [0.1, 0.15) is 0 Å². The molecule has 1 fully saturated rings. The monoisotopic (exact) mass is 259 g/mol. The minimum atomic E-state index is 0.361. The van der Waals surface area contributed by atoms with Crippen LogP contribution in [0.25, 0.3) is 0 Å². The third-order valence-electron chi connectivity index (χ3n) is 3.62. The summed E-state index contributed by atoms with van der Waals surface area (Å²) in [6, 6.07) is 8.07. The number of hydrogen-bond acceptors (Lipinski definition) is 4. The fourth-order valence-electron chi connectivity index (χ4n) is 2.51. The third kappa shape index (κ3) is 3.62. The number of hydrogen-bond donors (Lipinski definition) is 1. The molecule has 1 aromatic rings. The molecule has 19 heavy (non-hydrogen) atoms. The second kappa shape index (κ2) is 6.44. The summed E-state index contributed by atoms with van der Waals surface area (Å²) in [6.07, 6.45) is 2.74. The van der Waals surface area contributed by atoms with Crippen molar-refractivity contribution < 1.29 is 4.74 Å². The first kappa shape index (κ1) is 13.7. The van der Waals surface area contributed by atoms with E-state index < -0.39 is 0 Å². The first-order chi connectivity index (χ1) is 9.20. The topological polar surface area (TPSA) is 62.3 Å². The van der Waals surface area contributed by atoms with Crippen LogP contribution in [-0.2, 0) is 11.2 Å². The van der Waals surface area contributed by atoms with Crippen molar-refractivity contribution in [2.24, 2.45) is 5.92 Å². The van der Waals surface area contributed by atoms with Crippen LogP contribution in [0, 0.1) is 17.2 Å². The predicted molar refractivity (Wildman–Crippen MR) is 77.0 cm³/mol. The van der Waals surface area contributed by atoms with Crippen molar-refractivity contribution in [3.63, 3.8) is 0 Å². The fraction of sp³-hybridized carbons (Fsp3) is 0.533. The van der Waals surface area contributed by atoms with Gasteiger partial charge in [-0.15, -0.1) is 0 Å². The van der Waals surface area contributed by atoms with Gasteiger partial charge in [-0.3, -0.25) is 0 Å². The quantitative estimate of drug-likeness (QED) is 0.842. The zero-order valence-electron chi connectivity index (χ0n) is 11.4. The molecule has 1 aromatic carbocycles. The maximum absolute atomic E-state index is 8.80. The highest BCUT2D eigenvalue weighted by atomic mass is 16.5. The summed E-state index contributed by atoms with van der Waals surface area (Å²) in [4.78, 5) is 2.22. The minimum absolute atomic E-state index is 0.361. The van der Waals surface area contributed by atoms with Gasteiger partial charge in [0.05, 0.1) is 19.1 Å². The maximum Gasteiger partial charge on any atom is 0.0670 e. The molecular weight excluding hydrogens is 238 g/mol. The van der Waals surface area contributed by atoms with Gasteiger partial charge in [-0.2, -0.15) is 5.26 Å². The van der Waals surface area contributed by atoms with Crippen LogP contribution in [0.1, 0.15) is 18.4 Å². The molecule has 0 aromatic heterocycles. The molecule has 0 radical (unpaired) electrons. The molecular formula is C15H21N3O. The lowest BCUT2D eigenvalue weighted by molar-refractivity contribution is 0.0576. The number of ether oxygens (including phenoxy) is 1. The average molecular weight is 259 g/mol. The summed E-state index contributed by atoms with van der Waals surface area (Å²) in [6.45, 7) is 2.73. The number of nitrogen functional groups attached to an aromatic ring is 1. The molecule has 0 bridgehead atoms. The Labute approximate surface area is 114 Å². The molecule has 1 unspecified atom stereocenters. The number of nitrogens with two attached hydrogens (primary N) is 1. The molecule has 0 spiro atoms. The summed E-state index contributed by atoms with van der Waals surface area (Å²) in [5.41, 5.74) is 8.59. The van der Waals surface area contributed by atoms with E-state index >= 15 is 0 Å². The molecule has 4 nitrogen and oxygen atoms in total. The van der Waals surface area contributed by atoms with Crippen molar-refractivity contribution >= 4 is 11.4 Å². The second-order valence-corrected chi connectivity index (χ2v) is 5.18. The summed E-state index contributed by atoms with van der Waals surface area (Å²) in [5.74, 6) is 0.593. The van der Waals surface area contributed by atoms with Crippen molar-refractivity contribution in [1.82, 2.24) is 0 Å². The van der Waals surface area contributed by atoms with Crippen LogP contribution in [0.4, 0.5) is 11.4 Å². The third-order valence-corrected chi connectivity index (χ3v) is 3.62. The summed E-state index contributed by atoms with van der Waals surface area (Å²) in [7, 11) is 2.08. The van der Waals surface area contributed by atoms with E-state index in [0.29, 0.717) is 18.0 Å². The molecule has 0 amide bonds. The molecule has 1 aliphatic heterocycles. The largest absolute Gasteiger partial charge is 0.398 e. The summed E-state index contributed by atoms with van der Waals surface area (Å²) in [5, 5.41) is 8.80. The Morgan fingerprint density at radius 3 is 3.05 bits per heavy atom. The van der Waals surface area contributed by atoms with E-state index in [1.54, 1.807) is 0 Å². The predicted octanol–water partition coefficient (Wildman–Crippen LogP) is 2.20. The van der Waals surface area contributed by atoms with E-state index in [0.717, 1.165) is 37.4 Å². The molecule has 0 saturated carbocycles. The lowest BCUT2D eigenvalue weighted by Crippen LogP contribution is -2.30. The van der Waals surface area contributed by atoms with Gasteiger partial charge in [-0.05, 0) is 42.5 Å². The Bertz CT molecular complexity index is 461. The molecule has 2 N–H and O–H groups in total. The summed E-state index contributed by atoms with van der Waals surface area (Å²) < 4.78 is 5.51. The van der Waals surface area contributed by atoms with Gasteiger partial charge < -0.3 is 15.4 Å². The smallest absolute Gasteiger partial charge is 0.0670 e. The second-order valence-electron chi connectivity index (χ2n) is 5.18. The van der Waals surface area contributed by atoms with Crippen LogP contribution in [-0.4, -0.2) is 26.8 Å². The lowest BCUT2D eigenvalue weighted by Gasteiger charge is -2.28. The van der Waals surface area contributed by atoms with E-state index in [4.69, 9.17) is 15.7 Å². The molecule has 4 heteroatoms. The van der Waals surface area contributed by atoms with E-state index in [-0.39, 0.29) is 0 Å². The number of nitriles is 1. The van der Waals surface area contributed by atoms with Gasteiger partial charge in [0.15, 0.2) is 0 Å². The molecule has 2 rings (SSSR count). The van der Waals surface area contributed by atoms with Gasteiger partial charge >= 0.3 is 0 Å². The molecule has 0 aliphatic carbocycles. The normalized spacial score (nSPS) is 18.8. The highest BCUT2D eigenvalue weighted by Gasteiger charge is 2.16. The Morgan fingerprint density at radius 2 is 2.37 bits per heavy atom. The minimum Gasteiger partial charge on any atom is -0.398 e. The summed E-state index contributed by atoms with van der Waals surface area (Å²) >= 11 is 0. The Hall–Kier alpha value is -1.73. The molecule has 1 aliphatic rings. The Kier molecular flexibility index (Phi) is 4.64. The maximum atomic E-state index is 8.80. The number of rotatable bonds is 4. The zero-order chi connectivity index (χ0) is 13.7. The van der Waals surface area contributed by atoms with Gasteiger partial charge in [-0.1, -0.05) is 0 Å². The first-order valence-corrected chi connectivity index (χ1v) is 6.75. The SMILES string of the molecule is CN(CC1CCCOC1)c1ccc(N)c(CC#N)c1. The Balaban J connectivity index is 2.03. The van der Waals surface area contributed by atoms with E-state index in [9.17, 15) is 0 Å². The van der Waals surface area contributed by atoms with Gasteiger partial charge in [-0.25, -0.2) is 0 Å². The lowest BCUT2D eigenvalue weighted by atomic mass is 10.0. The van der Waals surface area contributed by atoms with Crippen molar-refractivity contribution in [1.29, 1.82) is 5.26 Å². The first-order valence-electron chi connectivity index (χ1n) is 6.75. The van der Waals surface area contributed by atoms with Crippen molar-refractivity contribution in [2.75, 3.05) is 37.4 Å². The number of benzene rings is 1. The van der Waals surface area contributed by atoms with Crippen LogP contribution in [0.2, 0.25) is 0 Å². The van der Waals surface area contributed by atoms with Gasteiger partial charge in [0, 0.05) is 31.6 Å². The number of nitrogens with zero attached hydrogens (tertiary/aromatic N) is 2. The fourth-order valence-corrected chi connectivity index (χ4v) is 2.51. The van der Waals surface area contributed by atoms with Crippen LogP contribution in [0.15, 0.2) is 18.2 Å². The Morgan fingerprint density at radius 1 is 1.53 bits per heavy atom. The van der Waals surface area contributed by atoms with E-state index in [1.165, 1.54) is 6.42 Å². The van der Waals surface area contributed by atoms with Crippen molar-refractivity contribution in [3.8, 4) is 6.07 Å². The van der Waals surface area contributed by atoms with Gasteiger partial charge in [0.2, 0.25) is 0 Å². The number of anilines is 2. The van der Waals surface area contributed by atoms with E-state index in [1.807, 2.05) is 18.2 Å². The van der Waals surface area contributed by atoms with Crippen LogP contribution in [0.5, 0.6) is 0 Å². The highest BCUT2D eigenvalue weighted by Crippen LogP contribution is 2.23. The average Bonchev–Trinajstić information content (AvgIpc) is 2.42. The highest BCUT2D eigenvalue weighted by molar-refractivity contribution is 5.59. The molecule has 1 heterocycles. The van der Waals surface area contributed by atoms with Crippen molar-refractivity contribution in [2.45, 2.75) is 19.3 Å². The molecule has 1 saturated heterocycles. The van der Waals surface area contributed by atoms with Crippen LogP contribution < -0.4 is 10.6 Å².